The molecule has 2 aromatic rings. The van der Waals surface area contributed by atoms with Crippen LogP contribution in [0.4, 0.5) is 0 Å². The predicted molar refractivity (Wildman–Crippen MR) is 85.6 cm³/mol. The lowest BCUT2D eigenvalue weighted by molar-refractivity contribution is 0.0760. The lowest BCUT2D eigenvalue weighted by Gasteiger charge is -2.21. The molecule has 0 aromatic carbocycles. The van der Waals surface area contributed by atoms with Gasteiger partial charge in [-0.15, -0.1) is 11.3 Å². The van der Waals surface area contributed by atoms with Gasteiger partial charge in [-0.05, 0) is 30.4 Å². The van der Waals surface area contributed by atoms with Crippen molar-refractivity contribution in [1.29, 1.82) is 0 Å². The van der Waals surface area contributed by atoms with Crippen molar-refractivity contribution in [3.63, 3.8) is 0 Å². The van der Waals surface area contributed by atoms with Crippen LogP contribution in [0.5, 0.6) is 0 Å². The van der Waals surface area contributed by atoms with Gasteiger partial charge in [-0.25, -0.2) is 0 Å². The van der Waals surface area contributed by atoms with Crippen LogP contribution in [0.1, 0.15) is 27.2 Å². The first-order chi connectivity index (χ1) is 10.2. The van der Waals surface area contributed by atoms with Gasteiger partial charge in [-0.3, -0.25) is 9.69 Å². The van der Waals surface area contributed by atoms with Gasteiger partial charge in [0.05, 0.1) is 5.56 Å². The number of hydrogen-bond donors (Lipinski definition) is 1. The Balaban J connectivity index is 1.60. The lowest BCUT2D eigenvalue weighted by atomic mass is 10.2. The third-order valence-electron chi connectivity index (χ3n) is 4.02. The minimum atomic E-state index is 0.159. The Kier molecular flexibility index (Phi) is 4.41. The predicted octanol–water partition coefficient (Wildman–Crippen LogP) is 2.73. The van der Waals surface area contributed by atoms with Crippen LogP contribution in [-0.2, 0) is 6.54 Å². The Morgan fingerprint density at radius 3 is 2.90 bits per heavy atom. The van der Waals surface area contributed by atoms with Crippen molar-refractivity contribution in [2.24, 2.45) is 0 Å². The fourth-order valence-electron chi connectivity index (χ4n) is 2.80. The summed E-state index contributed by atoms with van der Waals surface area (Å²) in [7, 11) is 0. The molecule has 0 radical (unpaired) electrons. The molecular weight excluding hydrogens is 282 g/mol. The van der Waals surface area contributed by atoms with Gasteiger partial charge in [0.15, 0.2) is 0 Å². The molecular formula is C16H21N3OS. The molecule has 0 saturated carbocycles. The van der Waals surface area contributed by atoms with Crippen LogP contribution in [0.25, 0.3) is 0 Å². The van der Waals surface area contributed by atoms with E-state index in [2.05, 4.69) is 27.4 Å². The van der Waals surface area contributed by atoms with Crippen LogP contribution in [0, 0.1) is 6.92 Å². The lowest BCUT2D eigenvalue weighted by Crippen LogP contribution is -2.35. The van der Waals surface area contributed by atoms with Gasteiger partial charge in [0.2, 0.25) is 0 Å². The van der Waals surface area contributed by atoms with Crippen LogP contribution in [0.3, 0.4) is 0 Å². The summed E-state index contributed by atoms with van der Waals surface area (Å²) in [5, 5.41) is 2.12. The molecule has 0 spiro atoms. The first kappa shape index (κ1) is 14.4. The average Bonchev–Trinajstić information content (AvgIpc) is 3.07. The summed E-state index contributed by atoms with van der Waals surface area (Å²) in [5.74, 6) is 0.159. The molecule has 1 N–H and O–H groups in total. The van der Waals surface area contributed by atoms with E-state index in [-0.39, 0.29) is 5.91 Å². The Morgan fingerprint density at radius 2 is 2.19 bits per heavy atom. The van der Waals surface area contributed by atoms with E-state index in [1.807, 2.05) is 24.2 Å². The van der Waals surface area contributed by atoms with E-state index in [1.165, 1.54) is 4.88 Å². The van der Waals surface area contributed by atoms with Crippen molar-refractivity contribution >= 4 is 17.2 Å². The van der Waals surface area contributed by atoms with Gasteiger partial charge in [0.25, 0.3) is 5.91 Å². The van der Waals surface area contributed by atoms with Crippen LogP contribution in [0.2, 0.25) is 0 Å². The molecule has 2 aromatic heterocycles. The SMILES string of the molecule is Cc1c[nH]cc1C(=O)N1CCCN(Cc2cccs2)CC1. The van der Waals surface area contributed by atoms with E-state index < -0.39 is 0 Å². The molecule has 0 unspecified atom stereocenters. The largest absolute Gasteiger partial charge is 0.367 e. The van der Waals surface area contributed by atoms with Crippen molar-refractivity contribution in [2.45, 2.75) is 19.9 Å². The van der Waals surface area contributed by atoms with E-state index in [0.717, 1.165) is 50.3 Å². The maximum Gasteiger partial charge on any atom is 0.255 e. The summed E-state index contributed by atoms with van der Waals surface area (Å²) >= 11 is 1.80. The van der Waals surface area contributed by atoms with E-state index >= 15 is 0 Å². The maximum atomic E-state index is 12.5. The molecule has 112 valence electrons. The van der Waals surface area contributed by atoms with Crippen molar-refractivity contribution in [3.05, 3.63) is 45.9 Å². The molecule has 0 atom stereocenters. The molecule has 1 amide bonds. The van der Waals surface area contributed by atoms with Crippen molar-refractivity contribution in [1.82, 2.24) is 14.8 Å². The molecule has 3 heterocycles. The number of aromatic nitrogens is 1. The van der Waals surface area contributed by atoms with Crippen LogP contribution in [0.15, 0.2) is 29.9 Å². The van der Waals surface area contributed by atoms with Crippen LogP contribution >= 0.6 is 11.3 Å². The maximum absolute atomic E-state index is 12.5. The molecule has 4 nitrogen and oxygen atoms in total. The monoisotopic (exact) mass is 303 g/mol. The minimum absolute atomic E-state index is 0.159. The second-order valence-electron chi connectivity index (χ2n) is 5.55. The average molecular weight is 303 g/mol. The second kappa shape index (κ2) is 6.45. The molecule has 5 heteroatoms. The highest BCUT2D eigenvalue weighted by molar-refractivity contribution is 7.09. The summed E-state index contributed by atoms with van der Waals surface area (Å²) in [6.07, 6.45) is 4.74. The van der Waals surface area contributed by atoms with Crippen molar-refractivity contribution < 1.29 is 4.79 Å². The van der Waals surface area contributed by atoms with Gasteiger partial charge in [0.1, 0.15) is 0 Å². The fourth-order valence-corrected chi connectivity index (χ4v) is 3.54. The van der Waals surface area contributed by atoms with Gasteiger partial charge in [-0.2, -0.15) is 0 Å². The zero-order valence-corrected chi connectivity index (χ0v) is 13.2. The second-order valence-corrected chi connectivity index (χ2v) is 6.59. The summed E-state index contributed by atoms with van der Waals surface area (Å²) in [6.45, 7) is 6.66. The Labute approximate surface area is 129 Å². The number of aryl methyl sites for hydroxylation is 1. The molecule has 3 rings (SSSR count). The number of amides is 1. The molecule has 0 aliphatic carbocycles. The number of carbonyl (C=O) groups is 1. The van der Waals surface area contributed by atoms with Gasteiger partial charge >= 0.3 is 0 Å². The number of nitrogens with zero attached hydrogens (tertiary/aromatic N) is 2. The Hall–Kier alpha value is -1.59. The number of thiophene rings is 1. The molecule has 1 aliphatic heterocycles. The quantitative estimate of drug-likeness (QED) is 0.947. The Bertz CT molecular complexity index is 590. The first-order valence-corrected chi connectivity index (χ1v) is 8.29. The standard InChI is InChI=1S/C16H21N3OS/c1-13-10-17-11-15(13)16(20)19-6-3-5-18(7-8-19)12-14-4-2-9-21-14/h2,4,9-11,17H,3,5-8,12H2,1H3. The highest BCUT2D eigenvalue weighted by Crippen LogP contribution is 2.16. The highest BCUT2D eigenvalue weighted by atomic mass is 32.1. The smallest absolute Gasteiger partial charge is 0.255 e. The highest BCUT2D eigenvalue weighted by Gasteiger charge is 2.21. The fraction of sp³-hybridized carbons (Fsp3) is 0.438. The van der Waals surface area contributed by atoms with Crippen LogP contribution in [-0.4, -0.2) is 46.9 Å². The molecule has 1 saturated heterocycles. The number of hydrogen-bond acceptors (Lipinski definition) is 3. The van der Waals surface area contributed by atoms with E-state index in [1.54, 1.807) is 11.3 Å². The Morgan fingerprint density at radius 1 is 1.29 bits per heavy atom. The van der Waals surface area contributed by atoms with E-state index in [9.17, 15) is 4.79 Å². The first-order valence-electron chi connectivity index (χ1n) is 7.41. The number of H-pyrrole nitrogens is 1. The molecule has 0 bridgehead atoms. The molecule has 1 aliphatic rings. The molecule has 1 fully saturated rings. The van der Waals surface area contributed by atoms with Gasteiger partial charge in [-0.1, -0.05) is 6.07 Å². The number of aromatic amines is 1. The summed E-state index contributed by atoms with van der Waals surface area (Å²) in [4.78, 5) is 21.4. The van der Waals surface area contributed by atoms with E-state index in [4.69, 9.17) is 0 Å². The molecule has 21 heavy (non-hydrogen) atoms. The normalized spacial score (nSPS) is 16.9. The third kappa shape index (κ3) is 3.36. The van der Waals surface area contributed by atoms with Crippen molar-refractivity contribution in [2.75, 3.05) is 26.2 Å². The number of nitrogens with one attached hydrogen (secondary N) is 1. The minimum Gasteiger partial charge on any atom is -0.367 e. The topological polar surface area (TPSA) is 39.3 Å². The van der Waals surface area contributed by atoms with Crippen molar-refractivity contribution in [3.8, 4) is 0 Å². The van der Waals surface area contributed by atoms with Crippen LogP contribution < -0.4 is 0 Å². The summed E-state index contributed by atoms with van der Waals surface area (Å²) in [6, 6.07) is 4.28. The summed E-state index contributed by atoms with van der Waals surface area (Å²) < 4.78 is 0. The number of carbonyl (C=O) groups excluding carboxylic acids is 1. The van der Waals surface area contributed by atoms with Gasteiger partial charge in [0, 0.05) is 50.0 Å². The zero-order chi connectivity index (χ0) is 14.7. The van der Waals surface area contributed by atoms with Gasteiger partial charge < -0.3 is 9.88 Å². The summed E-state index contributed by atoms with van der Waals surface area (Å²) in [5.41, 5.74) is 1.83. The zero-order valence-electron chi connectivity index (χ0n) is 12.3. The van der Waals surface area contributed by atoms with E-state index in [0.29, 0.717) is 0 Å². The third-order valence-corrected chi connectivity index (χ3v) is 4.88. The number of rotatable bonds is 3.